The molecule has 0 aromatic heterocycles. The second kappa shape index (κ2) is 6.02. The lowest BCUT2D eigenvalue weighted by molar-refractivity contribution is 0.207. The molecule has 0 fully saturated rings. The first-order chi connectivity index (χ1) is 7.56. The van der Waals surface area contributed by atoms with E-state index >= 15 is 0 Å². The van der Waals surface area contributed by atoms with Crippen LogP contribution in [0.3, 0.4) is 0 Å². The van der Waals surface area contributed by atoms with E-state index in [0.717, 1.165) is 6.54 Å². The van der Waals surface area contributed by atoms with Gasteiger partial charge < -0.3 is 10.4 Å². The van der Waals surface area contributed by atoms with Crippen molar-refractivity contribution in [3.05, 3.63) is 34.9 Å². The van der Waals surface area contributed by atoms with Crippen molar-refractivity contribution in [2.75, 3.05) is 6.61 Å². The predicted molar refractivity (Wildman–Crippen MR) is 68.5 cm³/mol. The quantitative estimate of drug-likeness (QED) is 0.800. The van der Waals surface area contributed by atoms with E-state index in [1.54, 1.807) is 0 Å². The third-order valence-corrected chi connectivity index (χ3v) is 3.47. The van der Waals surface area contributed by atoms with Crippen molar-refractivity contribution in [1.29, 1.82) is 0 Å². The molecule has 0 radical (unpaired) electrons. The highest BCUT2D eigenvalue weighted by Crippen LogP contribution is 2.13. The Kier molecular flexibility index (Phi) is 4.97. The summed E-state index contributed by atoms with van der Waals surface area (Å²) in [7, 11) is 0. The van der Waals surface area contributed by atoms with Gasteiger partial charge in [0.15, 0.2) is 0 Å². The van der Waals surface area contributed by atoms with Crippen LogP contribution in [0.1, 0.15) is 30.5 Å². The number of aliphatic hydroxyl groups is 1. The zero-order chi connectivity index (χ0) is 12.1. The van der Waals surface area contributed by atoms with Crippen LogP contribution in [0, 0.1) is 19.8 Å². The van der Waals surface area contributed by atoms with E-state index in [9.17, 15) is 0 Å². The maximum Gasteiger partial charge on any atom is 0.0471 e. The van der Waals surface area contributed by atoms with E-state index in [0.29, 0.717) is 12.0 Å². The van der Waals surface area contributed by atoms with E-state index < -0.39 is 0 Å². The van der Waals surface area contributed by atoms with Gasteiger partial charge in [0, 0.05) is 19.2 Å². The van der Waals surface area contributed by atoms with E-state index in [4.69, 9.17) is 5.11 Å². The molecule has 2 N–H and O–H groups in total. The first kappa shape index (κ1) is 13.2. The molecule has 0 saturated heterocycles. The lowest BCUT2D eigenvalue weighted by Gasteiger charge is -2.20. The van der Waals surface area contributed by atoms with Crippen LogP contribution in [0.5, 0.6) is 0 Å². The molecule has 90 valence electrons. The van der Waals surface area contributed by atoms with Crippen LogP contribution < -0.4 is 5.32 Å². The van der Waals surface area contributed by atoms with Gasteiger partial charge in [-0.2, -0.15) is 0 Å². The number of nitrogens with one attached hydrogen (secondary N) is 1. The number of benzene rings is 1. The lowest BCUT2D eigenvalue weighted by Crippen LogP contribution is -2.33. The molecule has 2 atom stereocenters. The summed E-state index contributed by atoms with van der Waals surface area (Å²) in [5, 5.41) is 12.5. The molecule has 2 unspecified atom stereocenters. The Bertz CT molecular complexity index is 336. The first-order valence-corrected chi connectivity index (χ1v) is 5.95. The van der Waals surface area contributed by atoms with Crippen molar-refractivity contribution in [3.63, 3.8) is 0 Å². The molecule has 0 bridgehead atoms. The van der Waals surface area contributed by atoms with Crippen molar-refractivity contribution in [2.45, 2.75) is 40.3 Å². The van der Waals surface area contributed by atoms with Gasteiger partial charge >= 0.3 is 0 Å². The lowest BCUT2D eigenvalue weighted by atomic mass is 10.0. The maximum absolute atomic E-state index is 9.06. The summed E-state index contributed by atoms with van der Waals surface area (Å²) in [6.07, 6.45) is 0. The number of rotatable bonds is 5. The predicted octanol–water partition coefficient (Wildman–Crippen LogP) is 2.41. The van der Waals surface area contributed by atoms with Gasteiger partial charge in [0.2, 0.25) is 0 Å². The summed E-state index contributed by atoms with van der Waals surface area (Å²) in [5.41, 5.74) is 4.04. The Morgan fingerprint density at radius 3 is 2.56 bits per heavy atom. The van der Waals surface area contributed by atoms with Crippen molar-refractivity contribution < 1.29 is 5.11 Å². The highest BCUT2D eigenvalue weighted by atomic mass is 16.3. The SMILES string of the molecule is Cc1cccc(CNC(C)C(C)CO)c1C. The highest BCUT2D eigenvalue weighted by Gasteiger charge is 2.10. The molecule has 1 aromatic rings. The third-order valence-electron chi connectivity index (χ3n) is 3.47. The molecular formula is C14H23NO. The van der Waals surface area contributed by atoms with Crippen LogP contribution in [-0.4, -0.2) is 17.8 Å². The molecule has 1 aromatic carbocycles. The number of aliphatic hydroxyl groups excluding tert-OH is 1. The zero-order valence-corrected chi connectivity index (χ0v) is 10.7. The van der Waals surface area contributed by atoms with Crippen LogP contribution in [0.15, 0.2) is 18.2 Å². The molecule has 0 heterocycles. The molecule has 2 nitrogen and oxygen atoms in total. The molecule has 0 amide bonds. The molecule has 0 saturated carbocycles. The fourth-order valence-electron chi connectivity index (χ4n) is 1.63. The smallest absolute Gasteiger partial charge is 0.0471 e. The number of aryl methyl sites for hydroxylation is 1. The highest BCUT2D eigenvalue weighted by molar-refractivity contribution is 5.32. The summed E-state index contributed by atoms with van der Waals surface area (Å²) in [6.45, 7) is 9.58. The second-order valence-corrected chi connectivity index (χ2v) is 4.69. The van der Waals surface area contributed by atoms with Crippen LogP contribution in [0.2, 0.25) is 0 Å². The maximum atomic E-state index is 9.06. The number of hydrogen-bond donors (Lipinski definition) is 2. The standard InChI is InChI=1S/C14H23NO/c1-10-6-5-7-14(12(10)3)8-15-13(4)11(2)9-16/h5-7,11,13,15-16H,8-9H2,1-4H3. The normalized spacial score (nSPS) is 14.8. The van der Waals surface area contributed by atoms with Crippen molar-refractivity contribution in [1.82, 2.24) is 5.32 Å². The van der Waals surface area contributed by atoms with Gasteiger partial charge in [0.05, 0.1) is 0 Å². The van der Waals surface area contributed by atoms with Crippen molar-refractivity contribution in [2.24, 2.45) is 5.92 Å². The van der Waals surface area contributed by atoms with Crippen molar-refractivity contribution >= 4 is 0 Å². The summed E-state index contributed by atoms with van der Waals surface area (Å²) in [5.74, 6) is 0.296. The second-order valence-electron chi connectivity index (χ2n) is 4.69. The monoisotopic (exact) mass is 221 g/mol. The Labute approximate surface area is 98.7 Å². The van der Waals surface area contributed by atoms with Crippen LogP contribution in [0.25, 0.3) is 0 Å². The summed E-state index contributed by atoms with van der Waals surface area (Å²) < 4.78 is 0. The van der Waals surface area contributed by atoms with E-state index in [-0.39, 0.29) is 6.61 Å². The fraction of sp³-hybridized carbons (Fsp3) is 0.571. The molecule has 0 aliphatic rings. The van der Waals surface area contributed by atoms with Gasteiger partial charge in [-0.15, -0.1) is 0 Å². The van der Waals surface area contributed by atoms with E-state index in [2.05, 4.69) is 51.2 Å². The van der Waals surface area contributed by atoms with Gasteiger partial charge in [0.25, 0.3) is 0 Å². The fourth-order valence-corrected chi connectivity index (χ4v) is 1.63. The van der Waals surface area contributed by atoms with Crippen LogP contribution >= 0.6 is 0 Å². The van der Waals surface area contributed by atoms with Crippen LogP contribution in [-0.2, 0) is 6.54 Å². The molecule has 1 rings (SSSR count). The molecule has 0 aliphatic heterocycles. The average Bonchev–Trinajstić information content (AvgIpc) is 2.29. The van der Waals surface area contributed by atoms with Gasteiger partial charge in [0.1, 0.15) is 0 Å². The number of hydrogen-bond acceptors (Lipinski definition) is 2. The van der Waals surface area contributed by atoms with Crippen molar-refractivity contribution in [3.8, 4) is 0 Å². The van der Waals surface area contributed by atoms with Gasteiger partial charge in [-0.05, 0) is 43.4 Å². The largest absolute Gasteiger partial charge is 0.396 e. The minimum atomic E-state index is 0.237. The van der Waals surface area contributed by atoms with Gasteiger partial charge in [-0.3, -0.25) is 0 Å². The Morgan fingerprint density at radius 2 is 1.94 bits per heavy atom. The molecule has 2 heteroatoms. The minimum absolute atomic E-state index is 0.237. The third kappa shape index (κ3) is 3.32. The minimum Gasteiger partial charge on any atom is -0.396 e. The summed E-state index contributed by atoms with van der Waals surface area (Å²) >= 11 is 0. The van der Waals surface area contributed by atoms with E-state index in [1.807, 2.05) is 0 Å². The zero-order valence-electron chi connectivity index (χ0n) is 10.7. The Hall–Kier alpha value is -0.860. The van der Waals surface area contributed by atoms with Gasteiger partial charge in [-0.1, -0.05) is 25.1 Å². The molecular weight excluding hydrogens is 198 g/mol. The first-order valence-electron chi connectivity index (χ1n) is 5.95. The molecule has 16 heavy (non-hydrogen) atoms. The summed E-state index contributed by atoms with van der Waals surface area (Å²) in [4.78, 5) is 0. The molecule has 0 aliphatic carbocycles. The Morgan fingerprint density at radius 1 is 1.25 bits per heavy atom. The van der Waals surface area contributed by atoms with E-state index in [1.165, 1.54) is 16.7 Å². The Balaban J connectivity index is 2.58. The summed E-state index contributed by atoms with van der Waals surface area (Å²) in [6, 6.07) is 6.73. The average molecular weight is 221 g/mol. The van der Waals surface area contributed by atoms with Gasteiger partial charge in [-0.25, -0.2) is 0 Å². The topological polar surface area (TPSA) is 32.3 Å². The molecule has 0 spiro atoms. The van der Waals surface area contributed by atoms with Crippen LogP contribution in [0.4, 0.5) is 0 Å².